The van der Waals surface area contributed by atoms with Crippen LogP contribution in [0.3, 0.4) is 0 Å². The zero-order chi connectivity index (χ0) is 24.1. The van der Waals surface area contributed by atoms with Gasteiger partial charge in [-0.3, -0.25) is 9.59 Å². The van der Waals surface area contributed by atoms with E-state index < -0.39 is 6.04 Å². The van der Waals surface area contributed by atoms with Crippen molar-refractivity contribution in [3.8, 4) is 5.75 Å². The normalized spacial score (nSPS) is 18.9. The number of aryl methyl sites for hydroxylation is 1. The van der Waals surface area contributed by atoms with Gasteiger partial charge in [-0.05, 0) is 62.6 Å². The monoisotopic (exact) mass is 463 g/mol. The number of amides is 4. The van der Waals surface area contributed by atoms with Crippen LogP contribution in [0.1, 0.15) is 57.4 Å². The summed E-state index contributed by atoms with van der Waals surface area (Å²) in [7, 11) is 0. The Morgan fingerprint density at radius 3 is 2.32 bits per heavy atom. The molecule has 34 heavy (non-hydrogen) atoms. The topological polar surface area (TPSA) is 79.0 Å². The molecule has 0 unspecified atom stereocenters. The van der Waals surface area contributed by atoms with Gasteiger partial charge in [0, 0.05) is 11.7 Å². The van der Waals surface area contributed by atoms with Gasteiger partial charge >= 0.3 is 6.03 Å². The first-order valence-corrected chi connectivity index (χ1v) is 12.2. The third kappa shape index (κ3) is 5.24. The number of nitrogens with one attached hydrogen (secondary N) is 1. The van der Waals surface area contributed by atoms with Gasteiger partial charge in [0.15, 0.2) is 0 Å². The van der Waals surface area contributed by atoms with Gasteiger partial charge in [-0.1, -0.05) is 43.9 Å². The van der Waals surface area contributed by atoms with E-state index in [1.54, 1.807) is 29.2 Å². The fourth-order valence-electron chi connectivity index (χ4n) is 4.74. The Labute approximate surface area is 201 Å². The minimum Gasteiger partial charge on any atom is -0.494 e. The maximum absolute atomic E-state index is 13.5. The van der Waals surface area contributed by atoms with Crippen LogP contribution in [0, 0.1) is 6.92 Å². The van der Waals surface area contributed by atoms with Crippen molar-refractivity contribution in [1.29, 1.82) is 0 Å². The SMILES string of the molecule is CCCOc1ccc(NC(=O)C[C@H]2C(=O)N(c3ccc(C)cc3)C(=O)N2C2CCCCC2)cc1. The lowest BCUT2D eigenvalue weighted by atomic mass is 9.93. The molecule has 2 aliphatic rings. The molecule has 1 saturated carbocycles. The number of urea groups is 1. The van der Waals surface area contributed by atoms with E-state index >= 15 is 0 Å². The molecule has 2 aromatic rings. The van der Waals surface area contributed by atoms with Crippen molar-refractivity contribution in [2.45, 2.75) is 70.9 Å². The number of carbonyl (C=O) groups excluding carboxylic acids is 3. The van der Waals surface area contributed by atoms with E-state index in [-0.39, 0.29) is 30.3 Å². The minimum atomic E-state index is -0.802. The fourth-order valence-corrected chi connectivity index (χ4v) is 4.74. The van der Waals surface area contributed by atoms with Crippen LogP contribution >= 0.6 is 0 Å². The largest absolute Gasteiger partial charge is 0.494 e. The Kier molecular flexibility index (Phi) is 7.50. The Morgan fingerprint density at radius 1 is 1.00 bits per heavy atom. The van der Waals surface area contributed by atoms with E-state index in [2.05, 4.69) is 5.32 Å². The zero-order valence-electron chi connectivity index (χ0n) is 20.0. The lowest BCUT2D eigenvalue weighted by molar-refractivity contribution is -0.125. The highest BCUT2D eigenvalue weighted by Crippen LogP contribution is 2.33. The van der Waals surface area contributed by atoms with Crippen LogP contribution in [-0.4, -0.2) is 41.4 Å². The number of hydrogen-bond donors (Lipinski definition) is 1. The molecule has 4 amide bonds. The molecule has 0 bridgehead atoms. The van der Waals surface area contributed by atoms with Crippen LogP contribution in [0.4, 0.5) is 16.2 Å². The quantitative estimate of drug-likeness (QED) is 0.540. The molecule has 1 aliphatic heterocycles. The number of hydrogen-bond acceptors (Lipinski definition) is 4. The Morgan fingerprint density at radius 2 is 1.68 bits per heavy atom. The summed E-state index contributed by atoms with van der Waals surface area (Å²) in [5, 5.41) is 2.87. The molecule has 2 fully saturated rings. The second-order valence-corrected chi connectivity index (χ2v) is 9.13. The summed E-state index contributed by atoms with van der Waals surface area (Å²) in [5.41, 5.74) is 2.23. The predicted molar refractivity (Wildman–Crippen MR) is 132 cm³/mol. The first-order valence-electron chi connectivity index (χ1n) is 12.2. The number of imide groups is 1. The lowest BCUT2D eigenvalue weighted by Gasteiger charge is -2.33. The van der Waals surface area contributed by atoms with Crippen LogP contribution in [-0.2, 0) is 9.59 Å². The second kappa shape index (κ2) is 10.7. The van der Waals surface area contributed by atoms with Gasteiger partial charge in [0.05, 0.1) is 18.7 Å². The van der Waals surface area contributed by atoms with Gasteiger partial charge in [-0.2, -0.15) is 0 Å². The van der Waals surface area contributed by atoms with Crippen molar-refractivity contribution >= 4 is 29.2 Å². The van der Waals surface area contributed by atoms with E-state index in [4.69, 9.17) is 4.74 Å². The fraction of sp³-hybridized carbons (Fsp3) is 0.444. The first kappa shape index (κ1) is 23.8. The Hall–Kier alpha value is -3.35. The van der Waals surface area contributed by atoms with Gasteiger partial charge in [-0.25, -0.2) is 9.69 Å². The molecule has 1 aliphatic carbocycles. The summed E-state index contributed by atoms with van der Waals surface area (Å²) in [5.74, 6) is 0.117. The molecule has 2 aromatic carbocycles. The summed E-state index contributed by atoms with van der Waals surface area (Å²) in [6.45, 7) is 4.64. The smallest absolute Gasteiger partial charge is 0.332 e. The molecule has 4 rings (SSSR count). The lowest BCUT2D eigenvalue weighted by Crippen LogP contribution is -2.45. The molecule has 1 N–H and O–H groups in total. The van der Waals surface area contributed by atoms with Crippen LogP contribution in [0.5, 0.6) is 5.75 Å². The summed E-state index contributed by atoms with van der Waals surface area (Å²) < 4.78 is 5.58. The molecule has 0 radical (unpaired) electrons. The van der Waals surface area contributed by atoms with Crippen LogP contribution in [0.25, 0.3) is 0 Å². The van der Waals surface area contributed by atoms with Crippen molar-refractivity contribution in [3.05, 3.63) is 54.1 Å². The first-order chi connectivity index (χ1) is 16.5. The number of anilines is 2. The van der Waals surface area contributed by atoms with Crippen molar-refractivity contribution < 1.29 is 19.1 Å². The van der Waals surface area contributed by atoms with Crippen molar-refractivity contribution in [2.24, 2.45) is 0 Å². The third-order valence-electron chi connectivity index (χ3n) is 6.50. The van der Waals surface area contributed by atoms with Crippen LogP contribution < -0.4 is 15.0 Å². The highest BCUT2D eigenvalue weighted by Gasteiger charge is 2.49. The van der Waals surface area contributed by atoms with Crippen molar-refractivity contribution in [2.75, 3.05) is 16.8 Å². The molecular weight excluding hydrogens is 430 g/mol. The minimum absolute atomic E-state index is 0.0200. The van der Waals surface area contributed by atoms with Crippen LogP contribution in [0.2, 0.25) is 0 Å². The van der Waals surface area contributed by atoms with Crippen LogP contribution in [0.15, 0.2) is 48.5 Å². The second-order valence-electron chi connectivity index (χ2n) is 9.13. The maximum atomic E-state index is 13.5. The summed E-state index contributed by atoms with van der Waals surface area (Å²) in [6, 6.07) is 13.4. The van der Waals surface area contributed by atoms with E-state index in [9.17, 15) is 14.4 Å². The van der Waals surface area contributed by atoms with Crippen molar-refractivity contribution in [3.63, 3.8) is 0 Å². The van der Waals surface area contributed by atoms with Gasteiger partial charge < -0.3 is 15.0 Å². The molecule has 0 aromatic heterocycles. The molecule has 1 saturated heterocycles. The number of benzene rings is 2. The summed E-state index contributed by atoms with van der Waals surface area (Å²) in [6.07, 6.45) is 5.76. The Balaban J connectivity index is 1.51. The predicted octanol–water partition coefficient (Wildman–Crippen LogP) is 5.28. The number of rotatable bonds is 8. The van der Waals surface area contributed by atoms with E-state index in [1.165, 1.54) is 4.90 Å². The van der Waals surface area contributed by atoms with Gasteiger partial charge in [0.25, 0.3) is 5.91 Å². The average molecular weight is 464 g/mol. The van der Waals surface area contributed by atoms with E-state index in [0.29, 0.717) is 18.0 Å². The van der Waals surface area contributed by atoms with E-state index in [1.807, 2.05) is 38.1 Å². The molecule has 7 heteroatoms. The summed E-state index contributed by atoms with van der Waals surface area (Å²) in [4.78, 5) is 42.8. The van der Waals surface area contributed by atoms with Crippen molar-refractivity contribution in [1.82, 2.24) is 4.90 Å². The number of ether oxygens (including phenoxy) is 1. The average Bonchev–Trinajstić information content (AvgIpc) is 3.09. The van der Waals surface area contributed by atoms with Gasteiger partial charge in [0.2, 0.25) is 5.91 Å². The van der Waals surface area contributed by atoms with Gasteiger partial charge in [0.1, 0.15) is 11.8 Å². The summed E-state index contributed by atoms with van der Waals surface area (Å²) >= 11 is 0. The highest BCUT2D eigenvalue weighted by molar-refractivity contribution is 6.22. The Bertz CT molecular complexity index is 1010. The molecule has 1 heterocycles. The zero-order valence-corrected chi connectivity index (χ0v) is 20.0. The molecule has 1 atom stereocenters. The number of carbonyl (C=O) groups is 3. The third-order valence-corrected chi connectivity index (χ3v) is 6.50. The maximum Gasteiger partial charge on any atom is 0.332 e. The molecule has 0 spiro atoms. The standard InChI is InChI=1S/C27H33N3O4/c1-3-17-34-23-15-11-20(12-16-23)28-25(31)18-24-26(32)30(22-13-9-19(2)10-14-22)27(33)29(24)21-7-5-4-6-8-21/h9-16,21,24H,3-8,17-18H2,1-2H3,(H,28,31)/t24-/m0/s1. The van der Waals surface area contributed by atoms with Gasteiger partial charge in [-0.15, -0.1) is 0 Å². The highest BCUT2D eigenvalue weighted by atomic mass is 16.5. The molecule has 180 valence electrons. The molecule has 7 nitrogen and oxygen atoms in total. The number of nitrogens with zero attached hydrogens (tertiary/aromatic N) is 2. The van der Waals surface area contributed by atoms with E-state index in [0.717, 1.165) is 49.8 Å². The molecular formula is C27H33N3O4.